The van der Waals surface area contributed by atoms with Crippen molar-refractivity contribution in [3.8, 4) is 0 Å². The van der Waals surface area contributed by atoms with Gasteiger partial charge >= 0.3 is 12.1 Å². The third-order valence-corrected chi connectivity index (χ3v) is 2.67. The standard InChI is InChI=1S/C10H9ClF3NO2/c1-3-5-4(2)6(9(16)17)7(11)8(15-5)10(12,13)14/h3H2,1-2H3,(H,16,17). The molecular formula is C10H9ClF3NO2. The summed E-state index contributed by atoms with van der Waals surface area (Å²) in [7, 11) is 0. The maximum Gasteiger partial charge on any atom is 0.434 e. The van der Waals surface area contributed by atoms with Crippen LogP contribution >= 0.6 is 11.6 Å². The lowest BCUT2D eigenvalue weighted by Crippen LogP contribution is -2.16. The van der Waals surface area contributed by atoms with Crippen molar-refractivity contribution in [2.24, 2.45) is 0 Å². The molecule has 0 aliphatic rings. The molecule has 0 radical (unpaired) electrons. The van der Waals surface area contributed by atoms with Crippen LogP contribution in [0.3, 0.4) is 0 Å². The van der Waals surface area contributed by atoms with Crippen LogP contribution in [0.2, 0.25) is 5.02 Å². The first kappa shape index (κ1) is 13.8. The molecule has 1 aromatic rings. The highest BCUT2D eigenvalue weighted by atomic mass is 35.5. The Labute approximate surface area is 100 Å². The van der Waals surface area contributed by atoms with Crippen molar-refractivity contribution < 1.29 is 23.1 Å². The molecule has 0 saturated carbocycles. The van der Waals surface area contributed by atoms with E-state index in [0.29, 0.717) is 0 Å². The van der Waals surface area contributed by atoms with Gasteiger partial charge in [0.25, 0.3) is 0 Å². The van der Waals surface area contributed by atoms with E-state index in [9.17, 15) is 18.0 Å². The van der Waals surface area contributed by atoms with Crippen LogP contribution in [-0.2, 0) is 12.6 Å². The molecule has 17 heavy (non-hydrogen) atoms. The van der Waals surface area contributed by atoms with Gasteiger partial charge in [0.1, 0.15) is 0 Å². The second-order valence-corrected chi connectivity index (χ2v) is 3.76. The summed E-state index contributed by atoms with van der Waals surface area (Å²) in [5, 5.41) is 8.02. The van der Waals surface area contributed by atoms with E-state index in [1.165, 1.54) is 6.92 Å². The lowest BCUT2D eigenvalue weighted by molar-refractivity contribution is -0.141. The Morgan fingerprint density at radius 1 is 1.47 bits per heavy atom. The van der Waals surface area contributed by atoms with Gasteiger partial charge in [-0.2, -0.15) is 13.2 Å². The molecule has 1 aromatic heterocycles. The SMILES string of the molecule is CCc1nc(C(F)(F)F)c(Cl)c(C(=O)O)c1C. The van der Waals surface area contributed by atoms with Crippen molar-refractivity contribution in [3.05, 3.63) is 27.5 Å². The predicted molar refractivity (Wildman–Crippen MR) is 55.3 cm³/mol. The molecule has 0 amide bonds. The van der Waals surface area contributed by atoms with Crippen LogP contribution in [0.4, 0.5) is 13.2 Å². The van der Waals surface area contributed by atoms with E-state index >= 15 is 0 Å². The third-order valence-electron chi connectivity index (χ3n) is 2.30. The van der Waals surface area contributed by atoms with Gasteiger partial charge in [-0.05, 0) is 18.9 Å². The lowest BCUT2D eigenvalue weighted by atomic mass is 10.0. The van der Waals surface area contributed by atoms with E-state index < -0.39 is 28.4 Å². The maximum absolute atomic E-state index is 12.6. The largest absolute Gasteiger partial charge is 0.478 e. The number of rotatable bonds is 2. The summed E-state index contributed by atoms with van der Waals surface area (Å²) in [6.07, 6.45) is -4.56. The van der Waals surface area contributed by atoms with Crippen LogP contribution in [0.5, 0.6) is 0 Å². The lowest BCUT2D eigenvalue weighted by Gasteiger charge is -2.14. The number of carbonyl (C=O) groups is 1. The van der Waals surface area contributed by atoms with E-state index in [-0.39, 0.29) is 17.7 Å². The molecular weight excluding hydrogens is 259 g/mol. The van der Waals surface area contributed by atoms with E-state index in [4.69, 9.17) is 16.7 Å². The Kier molecular flexibility index (Phi) is 3.66. The topological polar surface area (TPSA) is 50.2 Å². The van der Waals surface area contributed by atoms with Crippen molar-refractivity contribution in [2.45, 2.75) is 26.4 Å². The second-order valence-electron chi connectivity index (χ2n) is 3.38. The number of aromatic carboxylic acids is 1. The Hall–Kier alpha value is -1.30. The summed E-state index contributed by atoms with van der Waals surface area (Å²) in [4.78, 5) is 14.3. The van der Waals surface area contributed by atoms with Gasteiger partial charge < -0.3 is 5.11 Å². The summed E-state index contributed by atoms with van der Waals surface area (Å²) < 4.78 is 37.8. The van der Waals surface area contributed by atoms with Crippen LogP contribution in [0.25, 0.3) is 0 Å². The molecule has 0 aliphatic heterocycles. The van der Waals surface area contributed by atoms with E-state index in [1.54, 1.807) is 6.92 Å². The van der Waals surface area contributed by atoms with Crippen molar-refractivity contribution in [3.63, 3.8) is 0 Å². The van der Waals surface area contributed by atoms with Gasteiger partial charge in [-0.1, -0.05) is 18.5 Å². The number of carboxylic acids is 1. The predicted octanol–water partition coefficient (Wildman–Crippen LogP) is 3.32. The summed E-state index contributed by atoms with van der Waals surface area (Å²) in [6, 6.07) is 0. The zero-order valence-corrected chi connectivity index (χ0v) is 9.78. The van der Waals surface area contributed by atoms with Crippen LogP contribution < -0.4 is 0 Å². The molecule has 0 bridgehead atoms. The average Bonchev–Trinajstić information content (AvgIpc) is 2.15. The van der Waals surface area contributed by atoms with E-state index in [2.05, 4.69) is 4.98 Å². The highest BCUT2D eigenvalue weighted by Crippen LogP contribution is 2.36. The van der Waals surface area contributed by atoms with Crippen LogP contribution in [0.15, 0.2) is 0 Å². The first-order valence-corrected chi connectivity index (χ1v) is 5.07. The molecule has 1 N–H and O–H groups in total. The fraction of sp³-hybridized carbons (Fsp3) is 0.400. The molecule has 0 aromatic carbocycles. The first-order chi connectivity index (χ1) is 7.70. The van der Waals surface area contributed by atoms with Crippen molar-refractivity contribution in [2.75, 3.05) is 0 Å². The molecule has 0 spiro atoms. The maximum atomic E-state index is 12.6. The number of pyridine rings is 1. The highest BCUT2D eigenvalue weighted by molar-refractivity contribution is 6.34. The molecule has 1 heterocycles. The molecule has 94 valence electrons. The van der Waals surface area contributed by atoms with Crippen LogP contribution in [0.1, 0.15) is 34.2 Å². The Balaban J connectivity index is 3.66. The van der Waals surface area contributed by atoms with Gasteiger partial charge in [-0.3, -0.25) is 0 Å². The normalized spacial score (nSPS) is 11.6. The van der Waals surface area contributed by atoms with Gasteiger partial charge in [-0.15, -0.1) is 0 Å². The number of aromatic nitrogens is 1. The number of hydrogen-bond acceptors (Lipinski definition) is 2. The summed E-state index contributed by atoms with van der Waals surface area (Å²) in [5.41, 5.74) is -1.64. The number of carboxylic acid groups (broad SMARTS) is 1. The molecule has 0 fully saturated rings. The minimum Gasteiger partial charge on any atom is -0.478 e. The smallest absolute Gasteiger partial charge is 0.434 e. The number of nitrogens with zero attached hydrogens (tertiary/aromatic N) is 1. The van der Waals surface area contributed by atoms with Gasteiger partial charge in [0.2, 0.25) is 0 Å². The Morgan fingerprint density at radius 2 is 2.00 bits per heavy atom. The number of aryl methyl sites for hydroxylation is 1. The molecule has 0 unspecified atom stereocenters. The molecule has 7 heteroatoms. The van der Waals surface area contributed by atoms with Gasteiger partial charge in [0.15, 0.2) is 5.69 Å². The number of alkyl halides is 3. The summed E-state index contributed by atoms with van der Waals surface area (Å²) >= 11 is 5.46. The second kappa shape index (κ2) is 4.52. The van der Waals surface area contributed by atoms with Crippen molar-refractivity contribution >= 4 is 17.6 Å². The molecule has 0 saturated heterocycles. The average molecular weight is 268 g/mol. The molecule has 0 aliphatic carbocycles. The van der Waals surface area contributed by atoms with Crippen molar-refractivity contribution in [1.82, 2.24) is 4.98 Å². The van der Waals surface area contributed by atoms with E-state index in [1.807, 2.05) is 0 Å². The summed E-state index contributed by atoms with van der Waals surface area (Å²) in [6.45, 7) is 2.98. The summed E-state index contributed by atoms with van der Waals surface area (Å²) in [5.74, 6) is -1.49. The minimum absolute atomic E-state index is 0.0825. The van der Waals surface area contributed by atoms with Crippen LogP contribution in [-0.4, -0.2) is 16.1 Å². The Morgan fingerprint density at radius 3 is 2.35 bits per heavy atom. The van der Waals surface area contributed by atoms with Gasteiger partial charge in [-0.25, -0.2) is 9.78 Å². The fourth-order valence-corrected chi connectivity index (χ4v) is 1.85. The number of hydrogen-bond donors (Lipinski definition) is 1. The zero-order valence-electron chi connectivity index (χ0n) is 9.02. The van der Waals surface area contributed by atoms with Gasteiger partial charge in [0, 0.05) is 5.69 Å². The van der Waals surface area contributed by atoms with Gasteiger partial charge in [0.05, 0.1) is 10.6 Å². The third kappa shape index (κ3) is 2.52. The minimum atomic E-state index is -4.76. The number of halogens is 4. The highest BCUT2D eigenvalue weighted by Gasteiger charge is 2.38. The van der Waals surface area contributed by atoms with Crippen molar-refractivity contribution in [1.29, 1.82) is 0 Å². The van der Waals surface area contributed by atoms with E-state index in [0.717, 1.165) is 0 Å². The zero-order chi connectivity index (χ0) is 13.4. The fourth-order valence-electron chi connectivity index (χ4n) is 1.48. The molecule has 0 atom stereocenters. The Bertz CT molecular complexity index is 472. The van der Waals surface area contributed by atoms with Crippen LogP contribution in [0, 0.1) is 6.92 Å². The monoisotopic (exact) mass is 267 g/mol. The quantitative estimate of drug-likeness (QED) is 0.894. The first-order valence-electron chi connectivity index (χ1n) is 4.69. The molecule has 1 rings (SSSR count). The molecule has 3 nitrogen and oxygen atoms in total.